The van der Waals surface area contributed by atoms with Crippen LogP contribution in [0.25, 0.3) is 10.2 Å². The molecule has 2 aromatic carbocycles. The van der Waals surface area contributed by atoms with Gasteiger partial charge in [0, 0.05) is 17.7 Å². The van der Waals surface area contributed by atoms with Crippen LogP contribution in [0.3, 0.4) is 0 Å². The molecule has 4 nitrogen and oxygen atoms in total. The Labute approximate surface area is 126 Å². The van der Waals surface area contributed by atoms with Crippen molar-refractivity contribution in [2.45, 2.75) is 12.5 Å². The highest BCUT2D eigenvalue weighted by Gasteiger charge is 2.21. The topological polar surface area (TPSA) is 60.2 Å². The number of para-hydroxylation sites is 1. The summed E-state index contributed by atoms with van der Waals surface area (Å²) in [6.07, 6.45) is 0.940. The van der Waals surface area contributed by atoms with Crippen LogP contribution < -0.4 is 15.8 Å². The molecule has 0 spiro atoms. The maximum absolute atomic E-state index is 5.82. The van der Waals surface area contributed by atoms with Crippen LogP contribution in [0.1, 0.15) is 18.0 Å². The van der Waals surface area contributed by atoms with Gasteiger partial charge in [0.05, 0.1) is 22.9 Å². The van der Waals surface area contributed by atoms with Gasteiger partial charge < -0.3 is 15.8 Å². The number of hydrogen-bond acceptors (Lipinski definition) is 5. The summed E-state index contributed by atoms with van der Waals surface area (Å²) in [5, 5.41) is 4.46. The van der Waals surface area contributed by atoms with Crippen molar-refractivity contribution in [2.75, 3.05) is 17.7 Å². The zero-order chi connectivity index (χ0) is 14.2. The third-order valence-corrected chi connectivity index (χ3v) is 4.62. The van der Waals surface area contributed by atoms with Gasteiger partial charge in [0.1, 0.15) is 5.75 Å². The number of rotatable bonds is 2. The standard InChI is InChI=1S/C16H15N3OS/c17-10-5-6-13-15(9-10)21-16(19-13)18-12-7-8-20-14-4-2-1-3-11(12)14/h1-6,9,12H,7-8,17H2,(H,18,19). The van der Waals surface area contributed by atoms with Crippen molar-refractivity contribution < 1.29 is 4.74 Å². The zero-order valence-electron chi connectivity index (χ0n) is 11.4. The maximum atomic E-state index is 5.82. The summed E-state index contributed by atoms with van der Waals surface area (Å²) in [5.74, 6) is 0.964. The smallest absolute Gasteiger partial charge is 0.184 e. The van der Waals surface area contributed by atoms with Crippen molar-refractivity contribution in [3.63, 3.8) is 0 Å². The van der Waals surface area contributed by atoms with Gasteiger partial charge in [-0.3, -0.25) is 0 Å². The van der Waals surface area contributed by atoms with E-state index in [0.717, 1.165) is 39.8 Å². The van der Waals surface area contributed by atoms with Crippen molar-refractivity contribution in [1.29, 1.82) is 0 Å². The minimum Gasteiger partial charge on any atom is -0.493 e. The number of hydrogen-bond donors (Lipinski definition) is 2. The zero-order valence-corrected chi connectivity index (χ0v) is 12.2. The van der Waals surface area contributed by atoms with Gasteiger partial charge in [-0.05, 0) is 24.3 Å². The van der Waals surface area contributed by atoms with Crippen LogP contribution in [-0.4, -0.2) is 11.6 Å². The molecule has 0 radical (unpaired) electrons. The van der Waals surface area contributed by atoms with E-state index in [0.29, 0.717) is 0 Å². The van der Waals surface area contributed by atoms with Gasteiger partial charge >= 0.3 is 0 Å². The number of nitrogens with zero attached hydrogens (tertiary/aromatic N) is 1. The second kappa shape index (κ2) is 4.93. The van der Waals surface area contributed by atoms with E-state index in [1.807, 2.05) is 36.4 Å². The van der Waals surface area contributed by atoms with E-state index >= 15 is 0 Å². The molecule has 2 heterocycles. The fourth-order valence-electron chi connectivity index (χ4n) is 2.64. The summed E-state index contributed by atoms with van der Waals surface area (Å²) in [4.78, 5) is 4.63. The molecular formula is C16H15N3OS. The molecule has 21 heavy (non-hydrogen) atoms. The lowest BCUT2D eigenvalue weighted by molar-refractivity contribution is 0.274. The van der Waals surface area contributed by atoms with Gasteiger partial charge in [-0.2, -0.15) is 0 Å². The number of nitrogens with two attached hydrogens (primary N) is 1. The van der Waals surface area contributed by atoms with Gasteiger partial charge in [-0.1, -0.05) is 29.5 Å². The molecule has 5 heteroatoms. The van der Waals surface area contributed by atoms with Crippen LogP contribution in [0.5, 0.6) is 5.75 Å². The van der Waals surface area contributed by atoms with Gasteiger partial charge in [-0.25, -0.2) is 4.98 Å². The number of aromatic nitrogens is 1. The van der Waals surface area contributed by atoms with Gasteiger partial charge in [-0.15, -0.1) is 0 Å². The largest absolute Gasteiger partial charge is 0.493 e. The summed E-state index contributed by atoms with van der Waals surface area (Å²) in [5.41, 5.74) is 8.78. The normalized spacial score (nSPS) is 17.2. The Kier molecular flexibility index (Phi) is 2.93. The first-order valence-electron chi connectivity index (χ1n) is 6.94. The average molecular weight is 297 g/mol. The molecule has 106 valence electrons. The molecule has 1 aliphatic rings. The van der Waals surface area contributed by atoms with Crippen LogP contribution in [-0.2, 0) is 0 Å². The monoisotopic (exact) mass is 297 g/mol. The summed E-state index contributed by atoms with van der Waals surface area (Å²) in [7, 11) is 0. The number of nitrogen functional groups attached to an aromatic ring is 1. The molecule has 3 aromatic rings. The minimum atomic E-state index is 0.243. The molecule has 0 saturated heterocycles. The van der Waals surface area contributed by atoms with E-state index in [-0.39, 0.29) is 6.04 Å². The Morgan fingerprint density at radius 3 is 3.10 bits per heavy atom. The predicted octanol–water partition coefficient (Wildman–Crippen LogP) is 3.81. The molecule has 0 amide bonds. The Hall–Kier alpha value is -2.27. The van der Waals surface area contributed by atoms with Crippen molar-refractivity contribution >= 4 is 32.4 Å². The molecule has 0 saturated carbocycles. The fourth-order valence-corrected chi connectivity index (χ4v) is 3.61. The number of thiazole rings is 1. The molecule has 1 atom stereocenters. The molecule has 1 aromatic heterocycles. The Balaban J connectivity index is 1.66. The molecule has 3 N–H and O–H groups in total. The lowest BCUT2D eigenvalue weighted by Crippen LogP contribution is -2.20. The van der Waals surface area contributed by atoms with Crippen molar-refractivity contribution in [2.24, 2.45) is 0 Å². The van der Waals surface area contributed by atoms with Crippen LogP contribution in [0.4, 0.5) is 10.8 Å². The number of nitrogens with one attached hydrogen (secondary N) is 1. The lowest BCUT2D eigenvalue weighted by atomic mass is 10.0. The molecule has 4 rings (SSSR count). The van der Waals surface area contributed by atoms with E-state index in [1.165, 1.54) is 5.56 Å². The number of anilines is 2. The highest BCUT2D eigenvalue weighted by Crippen LogP contribution is 2.36. The average Bonchev–Trinajstić information content (AvgIpc) is 2.89. The van der Waals surface area contributed by atoms with E-state index in [2.05, 4.69) is 16.4 Å². The van der Waals surface area contributed by atoms with E-state index in [4.69, 9.17) is 10.5 Å². The second-order valence-corrected chi connectivity index (χ2v) is 6.15. The van der Waals surface area contributed by atoms with E-state index in [1.54, 1.807) is 11.3 Å². The van der Waals surface area contributed by atoms with Gasteiger partial charge in [0.25, 0.3) is 0 Å². The van der Waals surface area contributed by atoms with Crippen molar-refractivity contribution in [3.8, 4) is 5.75 Å². The van der Waals surface area contributed by atoms with Crippen LogP contribution in [0.15, 0.2) is 42.5 Å². The SMILES string of the molecule is Nc1ccc2nc(NC3CCOc4ccccc43)sc2c1. The fraction of sp³-hybridized carbons (Fsp3) is 0.188. The Morgan fingerprint density at radius 1 is 1.24 bits per heavy atom. The molecule has 1 unspecified atom stereocenters. The number of benzene rings is 2. The van der Waals surface area contributed by atoms with Gasteiger partial charge in [0.2, 0.25) is 0 Å². The molecule has 0 bridgehead atoms. The lowest BCUT2D eigenvalue weighted by Gasteiger charge is -2.26. The molecular weight excluding hydrogens is 282 g/mol. The maximum Gasteiger partial charge on any atom is 0.184 e. The first-order valence-corrected chi connectivity index (χ1v) is 7.75. The predicted molar refractivity (Wildman–Crippen MR) is 87.0 cm³/mol. The molecule has 1 aliphatic heterocycles. The summed E-state index contributed by atoms with van der Waals surface area (Å²) < 4.78 is 6.80. The minimum absolute atomic E-state index is 0.243. The highest BCUT2D eigenvalue weighted by molar-refractivity contribution is 7.22. The second-order valence-electron chi connectivity index (χ2n) is 5.12. The summed E-state index contributed by atoms with van der Waals surface area (Å²) in [6, 6.07) is 14.2. The van der Waals surface area contributed by atoms with Crippen LogP contribution in [0.2, 0.25) is 0 Å². The number of ether oxygens (including phenoxy) is 1. The number of fused-ring (bicyclic) bond motifs is 2. The van der Waals surface area contributed by atoms with Crippen LogP contribution in [0, 0.1) is 0 Å². The Morgan fingerprint density at radius 2 is 2.14 bits per heavy atom. The Bertz CT molecular complexity index is 799. The third-order valence-electron chi connectivity index (χ3n) is 3.67. The van der Waals surface area contributed by atoms with E-state index in [9.17, 15) is 0 Å². The molecule has 0 fully saturated rings. The summed E-state index contributed by atoms with van der Waals surface area (Å²) in [6.45, 7) is 0.729. The first kappa shape index (κ1) is 12.5. The summed E-state index contributed by atoms with van der Waals surface area (Å²) >= 11 is 1.64. The quantitative estimate of drug-likeness (QED) is 0.706. The van der Waals surface area contributed by atoms with Crippen molar-refractivity contribution in [3.05, 3.63) is 48.0 Å². The molecule has 0 aliphatic carbocycles. The third kappa shape index (κ3) is 2.29. The van der Waals surface area contributed by atoms with E-state index < -0.39 is 0 Å². The first-order chi connectivity index (χ1) is 10.3. The van der Waals surface area contributed by atoms with Crippen LogP contribution >= 0.6 is 11.3 Å². The van der Waals surface area contributed by atoms with Crippen molar-refractivity contribution in [1.82, 2.24) is 4.98 Å². The highest BCUT2D eigenvalue weighted by atomic mass is 32.1. The van der Waals surface area contributed by atoms with Gasteiger partial charge in [0.15, 0.2) is 5.13 Å².